The Hall–Kier alpha value is -4.15. The van der Waals surface area contributed by atoms with Gasteiger partial charge in [0.1, 0.15) is 0 Å². The van der Waals surface area contributed by atoms with E-state index in [0.29, 0.717) is 11.1 Å². The third-order valence-electron chi connectivity index (χ3n) is 4.16. The van der Waals surface area contributed by atoms with E-state index in [-0.39, 0.29) is 33.9 Å². The number of aromatic hydroxyl groups is 1. The van der Waals surface area contributed by atoms with E-state index in [1.165, 1.54) is 41.9 Å². The molecule has 0 fully saturated rings. The SMILES string of the molecule is Cc1cc([N+](=O)[O-])cc2c(N=NC(=O)c3cccc([N+](=O)[O-])c3)c(O)n(C)c12. The van der Waals surface area contributed by atoms with Gasteiger partial charge in [0.05, 0.1) is 20.9 Å². The van der Waals surface area contributed by atoms with Crippen LogP contribution in [-0.2, 0) is 7.05 Å². The molecule has 1 heterocycles. The van der Waals surface area contributed by atoms with E-state index in [0.717, 1.165) is 6.07 Å². The van der Waals surface area contributed by atoms with Crippen LogP contribution in [0.4, 0.5) is 17.1 Å². The molecule has 0 aliphatic carbocycles. The summed E-state index contributed by atoms with van der Waals surface area (Å²) in [6.45, 7) is 1.64. The summed E-state index contributed by atoms with van der Waals surface area (Å²) < 4.78 is 1.38. The summed E-state index contributed by atoms with van der Waals surface area (Å²) in [7, 11) is 1.54. The van der Waals surface area contributed by atoms with Crippen LogP contribution in [-0.4, -0.2) is 25.4 Å². The van der Waals surface area contributed by atoms with Gasteiger partial charge in [0.25, 0.3) is 17.3 Å². The molecule has 0 aliphatic rings. The maximum Gasteiger partial charge on any atom is 0.295 e. The van der Waals surface area contributed by atoms with E-state index in [2.05, 4.69) is 10.2 Å². The number of aromatic nitrogens is 1. The summed E-state index contributed by atoms with van der Waals surface area (Å²) in [5, 5.41) is 39.8. The minimum atomic E-state index is -0.859. The highest BCUT2D eigenvalue weighted by Crippen LogP contribution is 2.41. The molecule has 2 aromatic carbocycles. The molecule has 11 nitrogen and oxygen atoms in total. The Labute approximate surface area is 156 Å². The molecule has 3 rings (SSSR count). The molecule has 1 amide bonds. The van der Waals surface area contributed by atoms with E-state index >= 15 is 0 Å². The first-order chi connectivity index (χ1) is 13.2. The molecule has 0 saturated heterocycles. The summed E-state index contributed by atoms with van der Waals surface area (Å²) in [6, 6.07) is 7.55. The fourth-order valence-electron chi connectivity index (χ4n) is 2.88. The lowest BCUT2D eigenvalue weighted by Crippen LogP contribution is -1.96. The van der Waals surface area contributed by atoms with Crippen LogP contribution in [0.1, 0.15) is 15.9 Å². The number of rotatable bonds is 4. The Bertz CT molecular complexity index is 1180. The van der Waals surface area contributed by atoms with Crippen LogP contribution >= 0.6 is 0 Å². The van der Waals surface area contributed by atoms with Gasteiger partial charge in [-0.15, -0.1) is 10.2 Å². The molecule has 0 radical (unpaired) electrons. The number of nitro benzene ring substituents is 2. The van der Waals surface area contributed by atoms with Gasteiger partial charge >= 0.3 is 0 Å². The Morgan fingerprint density at radius 2 is 1.79 bits per heavy atom. The molecule has 0 unspecified atom stereocenters. The molecule has 28 heavy (non-hydrogen) atoms. The number of nitro groups is 2. The van der Waals surface area contributed by atoms with Crippen molar-refractivity contribution in [1.29, 1.82) is 0 Å². The number of fused-ring (bicyclic) bond motifs is 1. The van der Waals surface area contributed by atoms with Crippen molar-refractivity contribution in [1.82, 2.24) is 4.57 Å². The highest BCUT2D eigenvalue weighted by atomic mass is 16.6. The maximum atomic E-state index is 12.2. The van der Waals surface area contributed by atoms with Crippen LogP contribution in [0.2, 0.25) is 0 Å². The second-order valence-electron chi connectivity index (χ2n) is 5.96. The van der Waals surface area contributed by atoms with Gasteiger partial charge in [0, 0.05) is 36.7 Å². The third kappa shape index (κ3) is 3.16. The molecule has 0 aliphatic heterocycles. The van der Waals surface area contributed by atoms with Crippen LogP contribution in [0.3, 0.4) is 0 Å². The summed E-state index contributed by atoms with van der Waals surface area (Å²) in [5.74, 6) is -1.18. The highest BCUT2D eigenvalue weighted by Gasteiger charge is 2.21. The lowest BCUT2D eigenvalue weighted by molar-refractivity contribution is -0.385. The lowest BCUT2D eigenvalue weighted by Gasteiger charge is -2.01. The number of nitrogens with zero attached hydrogens (tertiary/aromatic N) is 5. The van der Waals surface area contributed by atoms with Crippen molar-refractivity contribution in [3.63, 3.8) is 0 Å². The van der Waals surface area contributed by atoms with E-state index < -0.39 is 15.8 Å². The minimum absolute atomic E-state index is 0.0557. The van der Waals surface area contributed by atoms with Crippen LogP contribution < -0.4 is 0 Å². The Balaban J connectivity index is 2.08. The topological polar surface area (TPSA) is 153 Å². The average molecular weight is 383 g/mol. The molecule has 11 heteroatoms. The van der Waals surface area contributed by atoms with E-state index in [1.807, 2.05) is 0 Å². The van der Waals surface area contributed by atoms with Crippen LogP contribution in [0.25, 0.3) is 10.9 Å². The Morgan fingerprint density at radius 1 is 1.11 bits per heavy atom. The molecule has 0 saturated carbocycles. The summed E-state index contributed by atoms with van der Waals surface area (Å²) in [6.07, 6.45) is 0. The van der Waals surface area contributed by atoms with Gasteiger partial charge in [0.2, 0.25) is 5.88 Å². The van der Waals surface area contributed by atoms with Gasteiger partial charge in [-0.3, -0.25) is 25.0 Å². The number of carbonyl (C=O) groups excluding carboxylic acids is 1. The van der Waals surface area contributed by atoms with Crippen LogP contribution in [0.15, 0.2) is 46.6 Å². The van der Waals surface area contributed by atoms with Crippen molar-refractivity contribution >= 4 is 33.9 Å². The summed E-state index contributed by atoms with van der Waals surface area (Å²) in [4.78, 5) is 32.9. The first-order valence-corrected chi connectivity index (χ1v) is 7.87. The second-order valence-corrected chi connectivity index (χ2v) is 5.96. The number of amides is 1. The van der Waals surface area contributed by atoms with E-state index in [1.54, 1.807) is 6.92 Å². The smallest absolute Gasteiger partial charge is 0.295 e. The molecule has 3 aromatic rings. The fraction of sp³-hybridized carbons (Fsp3) is 0.118. The molecule has 142 valence electrons. The molecule has 1 N–H and O–H groups in total. The van der Waals surface area contributed by atoms with E-state index in [9.17, 15) is 30.1 Å². The number of aryl methyl sites for hydroxylation is 2. The largest absolute Gasteiger partial charge is 0.493 e. The van der Waals surface area contributed by atoms with Crippen molar-refractivity contribution in [2.45, 2.75) is 6.92 Å². The van der Waals surface area contributed by atoms with Gasteiger partial charge in [-0.25, -0.2) is 0 Å². The zero-order chi connectivity index (χ0) is 20.6. The third-order valence-corrected chi connectivity index (χ3v) is 4.16. The average Bonchev–Trinajstić information content (AvgIpc) is 2.90. The normalized spacial score (nSPS) is 11.2. The van der Waals surface area contributed by atoms with Crippen molar-refractivity contribution in [3.8, 4) is 5.88 Å². The monoisotopic (exact) mass is 383 g/mol. The standard InChI is InChI=1S/C17H13N5O6/c1-9-6-12(22(27)28)8-13-14(17(24)20(2)15(9)13)18-19-16(23)10-4-3-5-11(7-10)21(25)26/h3-8,24H,1-2H3. The van der Waals surface area contributed by atoms with Crippen molar-refractivity contribution in [2.24, 2.45) is 17.3 Å². The van der Waals surface area contributed by atoms with Crippen LogP contribution in [0.5, 0.6) is 5.88 Å². The van der Waals surface area contributed by atoms with Crippen LogP contribution in [0, 0.1) is 27.2 Å². The lowest BCUT2D eigenvalue weighted by atomic mass is 10.1. The predicted octanol–water partition coefficient (Wildman–Crippen LogP) is 3.93. The number of azo groups is 1. The zero-order valence-corrected chi connectivity index (χ0v) is 14.7. The number of hydrogen-bond donors (Lipinski definition) is 1. The van der Waals surface area contributed by atoms with Gasteiger partial charge in [-0.1, -0.05) is 6.07 Å². The molecule has 0 atom stereocenters. The van der Waals surface area contributed by atoms with Gasteiger partial charge in [0.15, 0.2) is 5.69 Å². The highest BCUT2D eigenvalue weighted by molar-refractivity contribution is 5.99. The van der Waals surface area contributed by atoms with Crippen molar-refractivity contribution in [2.75, 3.05) is 0 Å². The minimum Gasteiger partial charge on any atom is -0.493 e. The zero-order valence-electron chi connectivity index (χ0n) is 14.7. The number of benzene rings is 2. The summed E-state index contributed by atoms with van der Waals surface area (Å²) in [5.41, 5.74) is 0.397. The first-order valence-electron chi connectivity index (χ1n) is 7.87. The van der Waals surface area contributed by atoms with Crippen molar-refractivity contribution < 1.29 is 19.7 Å². The molecular formula is C17H13N5O6. The first kappa shape index (κ1) is 18.6. The Kier molecular flexibility index (Phi) is 4.57. The maximum absolute atomic E-state index is 12.2. The van der Waals surface area contributed by atoms with Gasteiger partial charge < -0.3 is 9.67 Å². The quantitative estimate of drug-likeness (QED) is 0.409. The number of carbonyl (C=O) groups is 1. The summed E-state index contributed by atoms with van der Waals surface area (Å²) >= 11 is 0. The Morgan fingerprint density at radius 3 is 2.43 bits per heavy atom. The van der Waals surface area contributed by atoms with Gasteiger partial charge in [-0.2, -0.15) is 0 Å². The molecule has 0 spiro atoms. The fourth-order valence-corrected chi connectivity index (χ4v) is 2.88. The molecular weight excluding hydrogens is 370 g/mol. The second kappa shape index (κ2) is 6.87. The number of hydrogen-bond acceptors (Lipinski definition) is 7. The van der Waals surface area contributed by atoms with E-state index in [4.69, 9.17) is 0 Å². The number of non-ortho nitro benzene ring substituents is 2. The molecule has 0 bridgehead atoms. The molecule has 1 aromatic heterocycles. The van der Waals surface area contributed by atoms with Gasteiger partial charge in [-0.05, 0) is 18.6 Å². The van der Waals surface area contributed by atoms with Crippen molar-refractivity contribution in [3.05, 3.63) is 67.8 Å². The predicted molar refractivity (Wildman–Crippen MR) is 97.9 cm³/mol.